The minimum absolute atomic E-state index is 0.120. The van der Waals surface area contributed by atoms with Gasteiger partial charge in [0.15, 0.2) is 0 Å². The smallest absolute Gasteiger partial charge is 0.324 e. The normalized spacial score (nSPS) is 20.2. The lowest BCUT2D eigenvalue weighted by Crippen LogP contribution is -2.43. The van der Waals surface area contributed by atoms with E-state index in [1.54, 1.807) is 0 Å². The summed E-state index contributed by atoms with van der Waals surface area (Å²) < 4.78 is 0. The second-order valence-corrected chi connectivity index (χ2v) is 6.89. The number of fused-ring (bicyclic) bond motifs is 1. The predicted octanol–water partition coefficient (Wildman–Crippen LogP) is 2.38. The van der Waals surface area contributed by atoms with E-state index in [2.05, 4.69) is 58.7 Å². The Morgan fingerprint density at radius 1 is 0.962 bits per heavy atom. The number of benzene rings is 2. The van der Waals surface area contributed by atoms with Crippen LogP contribution in [-0.4, -0.2) is 47.9 Å². The summed E-state index contributed by atoms with van der Waals surface area (Å²) in [6.45, 7) is 2.20. The summed E-state index contributed by atoms with van der Waals surface area (Å²) >= 11 is 0. The van der Waals surface area contributed by atoms with Crippen LogP contribution in [0.3, 0.4) is 0 Å². The molecule has 2 aliphatic rings. The Hall–Kier alpha value is -2.66. The number of carbonyl (C=O) groups is 2. The van der Waals surface area contributed by atoms with Crippen LogP contribution in [0, 0.1) is 0 Å². The highest BCUT2D eigenvalue weighted by atomic mass is 16.2. The molecule has 0 aromatic heterocycles. The van der Waals surface area contributed by atoms with Gasteiger partial charge in [-0.2, -0.15) is 0 Å². The van der Waals surface area contributed by atoms with Gasteiger partial charge in [-0.25, -0.2) is 4.79 Å². The Morgan fingerprint density at radius 2 is 1.73 bits per heavy atom. The second-order valence-electron chi connectivity index (χ2n) is 6.89. The van der Waals surface area contributed by atoms with Gasteiger partial charge in [0.05, 0.1) is 6.54 Å². The zero-order valence-corrected chi connectivity index (χ0v) is 14.7. The van der Waals surface area contributed by atoms with E-state index >= 15 is 0 Å². The van der Waals surface area contributed by atoms with Crippen LogP contribution in [-0.2, 0) is 17.6 Å². The molecular weight excluding hydrogens is 326 g/mol. The van der Waals surface area contributed by atoms with Crippen molar-refractivity contribution in [2.24, 2.45) is 0 Å². The van der Waals surface area contributed by atoms with Gasteiger partial charge in [0.1, 0.15) is 0 Å². The van der Waals surface area contributed by atoms with E-state index in [9.17, 15) is 9.59 Å². The third-order valence-corrected chi connectivity index (χ3v) is 5.34. The van der Waals surface area contributed by atoms with Crippen molar-refractivity contribution in [1.82, 2.24) is 15.1 Å². The number of nitrogens with zero attached hydrogens (tertiary/aromatic N) is 2. The first-order valence-electron chi connectivity index (χ1n) is 9.16. The van der Waals surface area contributed by atoms with Gasteiger partial charge >= 0.3 is 6.03 Å². The summed E-state index contributed by atoms with van der Waals surface area (Å²) in [5.41, 5.74) is 4.06. The third kappa shape index (κ3) is 3.35. The zero-order chi connectivity index (χ0) is 17.9. The van der Waals surface area contributed by atoms with Crippen molar-refractivity contribution in [3.05, 3.63) is 71.3 Å². The minimum atomic E-state index is -0.271. The molecule has 2 aliphatic heterocycles. The van der Waals surface area contributed by atoms with Crippen molar-refractivity contribution in [2.45, 2.75) is 18.9 Å². The van der Waals surface area contributed by atoms with Crippen LogP contribution < -0.4 is 5.32 Å². The molecule has 5 heteroatoms. The molecule has 2 aromatic rings. The molecule has 0 radical (unpaired) electrons. The number of hydrogen-bond acceptors (Lipinski definition) is 3. The molecule has 134 valence electrons. The highest BCUT2D eigenvalue weighted by Crippen LogP contribution is 2.32. The topological polar surface area (TPSA) is 52.7 Å². The molecule has 1 N–H and O–H groups in total. The SMILES string of the molecule is O=C1CNC(=O)N1CCN1CCc2ccccc2[C@@H]1Cc1ccccc1. The van der Waals surface area contributed by atoms with Crippen LogP contribution in [0.15, 0.2) is 54.6 Å². The summed E-state index contributed by atoms with van der Waals surface area (Å²) in [5.74, 6) is -0.132. The molecule has 0 unspecified atom stereocenters. The van der Waals surface area contributed by atoms with Gasteiger partial charge in [0.2, 0.25) is 5.91 Å². The van der Waals surface area contributed by atoms with Gasteiger partial charge in [-0.1, -0.05) is 54.6 Å². The number of rotatable bonds is 5. The standard InChI is InChI=1S/C21H23N3O2/c25-20-15-22-21(26)24(20)13-12-23-11-10-17-8-4-5-9-18(17)19(23)14-16-6-2-1-3-7-16/h1-9,19H,10-15H2,(H,22,26)/t19-/m0/s1. The molecule has 0 spiro atoms. The lowest BCUT2D eigenvalue weighted by Gasteiger charge is -2.38. The van der Waals surface area contributed by atoms with E-state index in [4.69, 9.17) is 0 Å². The van der Waals surface area contributed by atoms with Gasteiger partial charge in [-0.15, -0.1) is 0 Å². The zero-order valence-electron chi connectivity index (χ0n) is 14.7. The molecule has 26 heavy (non-hydrogen) atoms. The minimum Gasteiger partial charge on any atom is -0.329 e. The fourth-order valence-corrected chi connectivity index (χ4v) is 3.96. The molecule has 2 heterocycles. The maximum atomic E-state index is 11.9. The van der Waals surface area contributed by atoms with Crippen molar-refractivity contribution < 1.29 is 9.59 Å². The first-order valence-corrected chi connectivity index (χ1v) is 9.16. The number of imide groups is 1. The van der Waals surface area contributed by atoms with Crippen LogP contribution in [0.1, 0.15) is 22.7 Å². The van der Waals surface area contributed by atoms with Crippen molar-refractivity contribution in [3.63, 3.8) is 0 Å². The Labute approximate surface area is 153 Å². The quantitative estimate of drug-likeness (QED) is 0.844. The first-order chi connectivity index (χ1) is 12.7. The number of urea groups is 1. The van der Waals surface area contributed by atoms with Gasteiger partial charge < -0.3 is 5.32 Å². The number of carbonyl (C=O) groups excluding carboxylic acids is 2. The van der Waals surface area contributed by atoms with E-state index in [1.807, 2.05) is 6.07 Å². The molecule has 0 saturated carbocycles. The molecule has 0 bridgehead atoms. The van der Waals surface area contributed by atoms with Crippen LogP contribution in [0.2, 0.25) is 0 Å². The fraction of sp³-hybridized carbons (Fsp3) is 0.333. The van der Waals surface area contributed by atoms with Gasteiger partial charge in [0, 0.05) is 25.7 Å². The van der Waals surface area contributed by atoms with E-state index in [-0.39, 0.29) is 24.5 Å². The number of amides is 3. The molecule has 3 amide bonds. The van der Waals surface area contributed by atoms with Crippen molar-refractivity contribution in [1.29, 1.82) is 0 Å². The summed E-state index contributed by atoms with van der Waals surface area (Å²) in [6.07, 6.45) is 1.93. The van der Waals surface area contributed by atoms with E-state index in [1.165, 1.54) is 21.6 Å². The predicted molar refractivity (Wildman–Crippen MR) is 99.7 cm³/mol. The Kier molecular flexibility index (Phi) is 4.71. The lowest BCUT2D eigenvalue weighted by atomic mass is 9.88. The second kappa shape index (κ2) is 7.30. The number of hydrogen-bond donors (Lipinski definition) is 1. The van der Waals surface area contributed by atoms with Crippen molar-refractivity contribution >= 4 is 11.9 Å². The highest BCUT2D eigenvalue weighted by Gasteiger charge is 2.31. The van der Waals surface area contributed by atoms with Crippen molar-refractivity contribution in [2.75, 3.05) is 26.2 Å². The molecule has 1 saturated heterocycles. The number of nitrogens with one attached hydrogen (secondary N) is 1. The Balaban J connectivity index is 1.54. The van der Waals surface area contributed by atoms with Crippen LogP contribution in [0.4, 0.5) is 4.79 Å². The lowest BCUT2D eigenvalue weighted by molar-refractivity contribution is -0.125. The molecule has 2 aromatic carbocycles. The molecule has 1 atom stereocenters. The molecule has 1 fully saturated rings. The van der Waals surface area contributed by atoms with Gasteiger partial charge in [0.25, 0.3) is 0 Å². The summed E-state index contributed by atoms with van der Waals surface area (Å²) in [6, 6.07) is 19.1. The molecule has 4 rings (SSSR count). The monoisotopic (exact) mass is 349 g/mol. The molecule has 0 aliphatic carbocycles. The van der Waals surface area contributed by atoms with E-state index < -0.39 is 0 Å². The van der Waals surface area contributed by atoms with Gasteiger partial charge in [-0.3, -0.25) is 14.6 Å². The fourth-order valence-electron chi connectivity index (χ4n) is 3.96. The first kappa shape index (κ1) is 16.8. The van der Waals surface area contributed by atoms with Crippen LogP contribution in [0.25, 0.3) is 0 Å². The van der Waals surface area contributed by atoms with E-state index in [0.717, 1.165) is 19.4 Å². The summed E-state index contributed by atoms with van der Waals surface area (Å²) in [5, 5.41) is 2.59. The maximum Gasteiger partial charge on any atom is 0.324 e. The summed E-state index contributed by atoms with van der Waals surface area (Å²) in [4.78, 5) is 27.4. The summed E-state index contributed by atoms with van der Waals surface area (Å²) in [7, 11) is 0. The Morgan fingerprint density at radius 3 is 2.50 bits per heavy atom. The Bertz CT molecular complexity index is 790. The largest absolute Gasteiger partial charge is 0.329 e. The molecular formula is C21H23N3O2. The van der Waals surface area contributed by atoms with Crippen molar-refractivity contribution in [3.8, 4) is 0 Å². The maximum absolute atomic E-state index is 11.9. The highest BCUT2D eigenvalue weighted by molar-refractivity contribution is 6.01. The molecule has 5 nitrogen and oxygen atoms in total. The average Bonchev–Trinajstić information content (AvgIpc) is 3.00. The average molecular weight is 349 g/mol. The van der Waals surface area contributed by atoms with Crippen LogP contribution in [0.5, 0.6) is 0 Å². The third-order valence-electron chi connectivity index (χ3n) is 5.34. The van der Waals surface area contributed by atoms with Gasteiger partial charge in [-0.05, 0) is 29.5 Å². The van der Waals surface area contributed by atoms with E-state index in [0.29, 0.717) is 13.1 Å². The van der Waals surface area contributed by atoms with Crippen LogP contribution >= 0.6 is 0 Å².